The Morgan fingerprint density at radius 2 is 1.15 bits per heavy atom. The molecule has 1 heterocycles. The van der Waals surface area contributed by atoms with Gasteiger partial charge in [-0.05, 0) is 113 Å². The Morgan fingerprint density at radius 1 is 0.652 bits per heavy atom. The van der Waals surface area contributed by atoms with Crippen molar-refractivity contribution in [3.05, 3.63) is 221 Å². The van der Waals surface area contributed by atoms with Crippen molar-refractivity contribution in [3.63, 3.8) is 0 Å². The maximum Gasteiger partial charge on any atom is 0.416 e. The van der Waals surface area contributed by atoms with Gasteiger partial charge < -0.3 is 18.7 Å². The van der Waals surface area contributed by atoms with E-state index in [1.54, 1.807) is 0 Å². The molecule has 1 unspecified atom stereocenters. The number of anilines is 2. The third-order valence-electron chi connectivity index (χ3n) is 14.1. The van der Waals surface area contributed by atoms with E-state index in [2.05, 4.69) is 158 Å². The average Bonchev–Trinajstić information content (AvgIpc) is 3.75. The highest BCUT2D eigenvalue weighted by atomic mass is 31.2. The van der Waals surface area contributed by atoms with E-state index in [-0.39, 0.29) is 13.0 Å². The van der Waals surface area contributed by atoms with E-state index in [4.69, 9.17) is 4.74 Å². The summed E-state index contributed by atoms with van der Waals surface area (Å²) in [7, 11) is -2.67. The number of methoxy groups -OCH3 is 1. The van der Waals surface area contributed by atoms with Gasteiger partial charge in [0, 0.05) is 48.1 Å². The summed E-state index contributed by atoms with van der Waals surface area (Å²) in [5.41, 5.74) is 10.5. The number of fused-ring (bicyclic) bond motifs is 1. The average molecular weight is 901 g/mol. The molecule has 8 aromatic rings. The van der Waals surface area contributed by atoms with Gasteiger partial charge >= 0.3 is 13.0 Å². The summed E-state index contributed by atoms with van der Waals surface area (Å²) in [4.78, 5) is 16.4. The molecule has 1 atom stereocenters. The van der Waals surface area contributed by atoms with Gasteiger partial charge in [0.1, 0.15) is 7.14 Å². The van der Waals surface area contributed by atoms with E-state index >= 15 is 4.57 Å². The predicted octanol–water partition coefficient (Wildman–Crippen LogP) is 11.0. The first-order valence-corrected chi connectivity index (χ1v) is 26.3. The van der Waals surface area contributed by atoms with E-state index in [1.807, 2.05) is 60.7 Å². The number of carbonyl (C=O) groups excluding carboxylic acids is 1. The van der Waals surface area contributed by atoms with Gasteiger partial charge in [-0.15, -0.1) is 0 Å². The van der Waals surface area contributed by atoms with Gasteiger partial charge in [0.05, 0.1) is 12.5 Å². The van der Waals surface area contributed by atoms with Crippen molar-refractivity contribution in [3.8, 4) is 0 Å². The minimum Gasteiger partial charge on any atom is -0.469 e. The number of carbonyl (C=O) groups is 1. The molecule has 0 saturated carbocycles. The summed E-state index contributed by atoms with van der Waals surface area (Å²) in [5, 5.41) is 6.76. The van der Waals surface area contributed by atoms with Crippen LogP contribution in [0.15, 0.2) is 188 Å². The molecule has 5 nitrogen and oxygen atoms in total. The molecule has 10 rings (SSSR count). The first kappa shape index (κ1) is 43.7. The van der Waals surface area contributed by atoms with Gasteiger partial charge in [-0.1, -0.05) is 176 Å². The zero-order chi connectivity index (χ0) is 45.4. The zero-order valence-corrected chi connectivity index (χ0v) is 40.0. The highest BCUT2D eigenvalue weighted by Gasteiger charge is 2.49. The second kappa shape index (κ2) is 18.2. The van der Waals surface area contributed by atoms with Crippen molar-refractivity contribution >= 4 is 77.0 Å². The molecule has 0 bridgehead atoms. The Balaban J connectivity index is 1.24. The lowest BCUT2D eigenvalue weighted by Crippen LogP contribution is -2.63. The number of nitrogens with zero attached hydrogens (tertiary/aromatic N) is 2. The molecule has 0 spiro atoms. The summed E-state index contributed by atoms with van der Waals surface area (Å²) in [6, 6.07) is 66.7. The van der Waals surface area contributed by atoms with Crippen molar-refractivity contribution in [2.75, 3.05) is 22.7 Å². The molecule has 0 fully saturated rings. The molecule has 66 heavy (non-hydrogen) atoms. The Hall–Kier alpha value is -6.19. The van der Waals surface area contributed by atoms with Crippen LogP contribution in [0.5, 0.6) is 0 Å². The maximum atomic E-state index is 15.6. The van der Waals surface area contributed by atoms with E-state index in [0.29, 0.717) is 32.0 Å². The van der Waals surface area contributed by atoms with Crippen LogP contribution in [0.25, 0.3) is 10.8 Å². The number of benzene rings is 8. The van der Waals surface area contributed by atoms with Crippen LogP contribution in [-0.4, -0.2) is 26.2 Å². The lowest BCUT2D eigenvalue weighted by Gasteiger charge is -2.49. The second-order valence-corrected chi connectivity index (χ2v) is 23.3. The topological polar surface area (TPSA) is 49.9 Å². The van der Waals surface area contributed by atoms with E-state index < -0.39 is 20.6 Å². The minimum absolute atomic E-state index is 0.172. The fraction of sp³-hybridized carbons (Fsp3) is 0.190. The summed E-state index contributed by atoms with van der Waals surface area (Å²) < 4.78 is 23.9. The van der Waals surface area contributed by atoms with Crippen molar-refractivity contribution in [1.29, 1.82) is 0 Å². The van der Waals surface area contributed by atoms with Crippen LogP contribution in [0.1, 0.15) is 46.7 Å². The monoisotopic (exact) mass is 900 g/mol. The molecule has 0 saturated heterocycles. The minimum atomic E-state index is -3.01. The Kier molecular flexibility index (Phi) is 12.1. The number of esters is 1. The molecule has 8 aromatic carbocycles. The van der Waals surface area contributed by atoms with Gasteiger partial charge in [0.15, 0.2) is 0 Å². The number of ether oxygens (including phenoxy) is 1. The van der Waals surface area contributed by atoms with Crippen LogP contribution in [0.3, 0.4) is 0 Å². The lowest BCUT2D eigenvalue weighted by atomic mass is 9.58. The number of hydrogen-bond acceptors (Lipinski definition) is 5. The fourth-order valence-electron chi connectivity index (χ4n) is 10.9. The SMILES string of the molecule is COC(=O)C1(C)Cc2c(C)c(CCCP(=O)(c3ccccc3)c3ccccc3)c(B3N(Cc4ccccc4)c4cccc5cccc(c45)N3P(c3ccccc3)c3ccccc3)c(C)c2C1. The second-order valence-electron chi connectivity index (χ2n) is 18.2. The number of rotatable bonds is 13. The third kappa shape index (κ3) is 7.79. The summed E-state index contributed by atoms with van der Waals surface area (Å²) in [6.45, 7) is 7.08. The molecule has 0 radical (unpaired) electrons. The quantitative estimate of drug-likeness (QED) is 0.0656. The molecule has 1 aliphatic carbocycles. The molecular weight excluding hydrogens is 845 g/mol. The first-order valence-electron chi connectivity index (χ1n) is 23.1. The van der Waals surface area contributed by atoms with E-state index in [0.717, 1.165) is 17.0 Å². The van der Waals surface area contributed by atoms with Crippen LogP contribution in [-0.2, 0) is 39.9 Å². The normalized spacial score (nSPS) is 15.6. The molecule has 0 N–H and O–H groups in total. The van der Waals surface area contributed by atoms with Crippen LogP contribution < -0.4 is 36.1 Å². The maximum absolute atomic E-state index is 15.6. The van der Waals surface area contributed by atoms with Gasteiger partial charge in [-0.25, -0.2) is 0 Å². The predicted molar refractivity (Wildman–Crippen MR) is 280 cm³/mol. The van der Waals surface area contributed by atoms with E-state index in [9.17, 15) is 4.79 Å². The van der Waals surface area contributed by atoms with Crippen molar-refractivity contribution < 1.29 is 14.1 Å². The highest BCUT2D eigenvalue weighted by Crippen LogP contribution is 2.53. The zero-order valence-electron chi connectivity index (χ0n) is 38.2. The smallest absolute Gasteiger partial charge is 0.416 e. The van der Waals surface area contributed by atoms with Crippen molar-refractivity contribution in [2.24, 2.45) is 5.41 Å². The van der Waals surface area contributed by atoms with E-state index in [1.165, 1.54) is 78.7 Å². The first-order chi connectivity index (χ1) is 32.2. The van der Waals surface area contributed by atoms with Gasteiger partial charge in [-0.3, -0.25) is 4.79 Å². The molecule has 8 heteroatoms. The Morgan fingerprint density at radius 3 is 1.70 bits per heavy atom. The molecule has 0 amide bonds. The molecule has 1 aliphatic heterocycles. The van der Waals surface area contributed by atoms with Crippen LogP contribution in [0, 0.1) is 19.3 Å². The fourth-order valence-corrected chi connectivity index (χ4v) is 16.2. The third-order valence-corrected chi connectivity index (χ3v) is 19.8. The van der Waals surface area contributed by atoms with Crippen molar-refractivity contribution in [1.82, 2.24) is 0 Å². The molecule has 0 aromatic heterocycles. The largest absolute Gasteiger partial charge is 0.469 e. The Labute approximate surface area is 391 Å². The standard InChI is InChI=1S/C58H55BN2O3P2/c1-42-50(35-22-38-66(63,48-31-16-8-17-32-48)49-33-18-9-19-34-49)56(43(2)52-40-58(3,39-51(42)52)57(62)64-4)59-60(41-44-23-10-5-11-24-44)53-36-20-25-45-26-21-37-54(55(45)53)61(59)65(46-27-12-6-13-28-46)47-29-14-7-15-30-47/h5-21,23-34,36-37H,22,35,38-41H2,1-4H3. The van der Waals surface area contributed by atoms with Crippen molar-refractivity contribution in [2.45, 2.75) is 53.0 Å². The van der Waals surface area contributed by atoms with Crippen LogP contribution >= 0.6 is 15.2 Å². The van der Waals surface area contributed by atoms with Gasteiger partial charge in [0.25, 0.3) is 0 Å². The lowest BCUT2D eigenvalue weighted by molar-refractivity contribution is -0.151. The van der Waals surface area contributed by atoms with Gasteiger partial charge in [-0.2, -0.15) is 0 Å². The summed E-state index contributed by atoms with van der Waals surface area (Å²) in [5.74, 6) is -0.172. The van der Waals surface area contributed by atoms with Gasteiger partial charge in [0.2, 0.25) is 0 Å². The highest BCUT2D eigenvalue weighted by molar-refractivity contribution is 7.78. The Bertz CT molecular complexity index is 2990. The van der Waals surface area contributed by atoms with Crippen LogP contribution in [0.4, 0.5) is 11.4 Å². The summed E-state index contributed by atoms with van der Waals surface area (Å²) in [6.07, 6.45) is 3.19. The van der Waals surface area contributed by atoms with Crippen LogP contribution in [0.2, 0.25) is 0 Å². The number of hydrogen-bond donors (Lipinski definition) is 0. The summed E-state index contributed by atoms with van der Waals surface area (Å²) >= 11 is 0. The molecular formula is C58H55BN2O3P2. The molecule has 328 valence electrons. The molecule has 2 aliphatic rings.